The van der Waals surface area contributed by atoms with Crippen LogP contribution in [0.4, 0.5) is 0 Å². The molecule has 0 saturated carbocycles. The van der Waals surface area contributed by atoms with Crippen LogP contribution in [-0.2, 0) is 13.0 Å². The van der Waals surface area contributed by atoms with Crippen LogP contribution in [0.5, 0.6) is 0 Å². The molecule has 2 nitrogen and oxygen atoms in total. The fourth-order valence-corrected chi connectivity index (χ4v) is 3.15. The average Bonchev–Trinajstić information content (AvgIpc) is 2.63. The maximum atomic E-state index is 3.57. The summed E-state index contributed by atoms with van der Waals surface area (Å²) in [5.41, 5.74) is 5.80. The van der Waals surface area contributed by atoms with E-state index >= 15 is 0 Å². The summed E-state index contributed by atoms with van der Waals surface area (Å²) >= 11 is 0. The molecule has 1 aliphatic heterocycles. The molecule has 0 bridgehead atoms. The number of fused-ring (bicyclic) bond motifs is 3. The van der Waals surface area contributed by atoms with Crippen molar-refractivity contribution in [1.82, 2.24) is 9.88 Å². The van der Waals surface area contributed by atoms with Crippen LogP contribution >= 0.6 is 0 Å². The van der Waals surface area contributed by atoms with Gasteiger partial charge in [0.2, 0.25) is 0 Å². The Kier molecular flexibility index (Phi) is 2.48. The Labute approximate surface area is 103 Å². The van der Waals surface area contributed by atoms with Gasteiger partial charge in [-0.3, -0.25) is 0 Å². The number of aryl methyl sites for hydroxylation is 2. The van der Waals surface area contributed by atoms with Gasteiger partial charge < -0.3 is 9.88 Å². The first-order valence-electron chi connectivity index (χ1n) is 6.57. The Hall–Kier alpha value is -1.28. The first-order chi connectivity index (χ1) is 8.22. The monoisotopic (exact) mass is 228 g/mol. The van der Waals surface area contributed by atoms with E-state index in [1.54, 1.807) is 0 Å². The van der Waals surface area contributed by atoms with Crippen LogP contribution in [0.2, 0.25) is 0 Å². The standard InChI is InChI=1S/C15H20N2/c1-4-12-13-9-10(2)5-6-14(13)17-8-7-16-11(3)15(12)17/h5-6,9,11,16H,4,7-8H2,1-3H3/t11-/m1/s1. The van der Waals surface area contributed by atoms with Crippen LogP contribution in [0.25, 0.3) is 10.9 Å². The van der Waals surface area contributed by atoms with Crippen molar-refractivity contribution in [2.45, 2.75) is 39.8 Å². The molecule has 2 heteroatoms. The zero-order valence-corrected chi connectivity index (χ0v) is 10.9. The number of hydrogen-bond acceptors (Lipinski definition) is 1. The third-order valence-electron chi connectivity index (χ3n) is 3.92. The number of benzene rings is 1. The predicted molar refractivity (Wildman–Crippen MR) is 72.5 cm³/mol. The topological polar surface area (TPSA) is 17.0 Å². The minimum atomic E-state index is 0.478. The Morgan fingerprint density at radius 3 is 3.00 bits per heavy atom. The van der Waals surface area contributed by atoms with Crippen molar-refractivity contribution < 1.29 is 0 Å². The summed E-state index contributed by atoms with van der Waals surface area (Å²) in [5.74, 6) is 0. The molecule has 1 aliphatic rings. The van der Waals surface area contributed by atoms with Gasteiger partial charge >= 0.3 is 0 Å². The summed E-state index contributed by atoms with van der Waals surface area (Å²) in [6.07, 6.45) is 1.12. The highest BCUT2D eigenvalue weighted by molar-refractivity contribution is 5.86. The summed E-state index contributed by atoms with van der Waals surface area (Å²) < 4.78 is 2.51. The van der Waals surface area contributed by atoms with E-state index in [9.17, 15) is 0 Å². The molecule has 1 atom stereocenters. The van der Waals surface area contributed by atoms with E-state index in [0.717, 1.165) is 19.5 Å². The highest BCUT2D eigenvalue weighted by Crippen LogP contribution is 2.33. The molecule has 0 radical (unpaired) electrons. The molecule has 1 aromatic heterocycles. The van der Waals surface area contributed by atoms with E-state index in [-0.39, 0.29) is 0 Å². The lowest BCUT2D eigenvalue weighted by Gasteiger charge is -2.25. The molecular weight excluding hydrogens is 208 g/mol. The summed E-state index contributed by atoms with van der Waals surface area (Å²) in [6, 6.07) is 7.32. The minimum absolute atomic E-state index is 0.478. The highest BCUT2D eigenvalue weighted by Gasteiger charge is 2.23. The second-order valence-corrected chi connectivity index (χ2v) is 5.07. The average molecular weight is 228 g/mol. The maximum Gasteiger partial charge on any atom is 0.0486 e. The summed E-state index contributed by atoms with van der Waals surface area (Å²) in [4.78, 5) is 0. The molecule has 0 fully saturated rings. The van der Waals surface area contributed by atoms with Crippen molar-refractivity contribution in [3.63, 3.8) is 0 Å². The van der Waals surface area contributed by atoms with Gasteiger partial charge in [-0.2, -0.15) is 0 Å². The Morgan fingerprint density at radius 1 is 1.41 bits per heavy atom. The molecule has 2 aromatic rings. The molecule has 0 aliphatic carbocycles. The second-order valence-electron chi connectivity index (χ2n) is 5.07. The van der Waals surface area contributed by atoms with Gasteiger partial charge in [0.05, 0.1) is 0 Å². The molecular formula is C15H20N2. The summed E-state index contributed by atoms with van der Waals surface area (Å²) in [7, 11) is 0. The number of aromatic nitrogens is 1. The van der Waals surface area contributed by atoms with Gasteiger partial charge in [0.1, 0.15) is 0 Å². The largest absolute Gasteiger partial charge is 0.342 e. The van der Waals surface area contributed by atoms with E-state index in [2.05, 4.69) is 48.9 Å². The van der Waals surface area contributed by atoms with Gasteiger partial charge in [0, 0.05) is 35.7 Å². The quantitative estimate of drug-likeness (QED) is 0.793. The van der Waals surface area contributed by atoms with Crippen molar-refractivity contribution in [2.24, 2.45) is 0 Å². The van der Waals surface area contributed by atoms with E-state index in [1.165, 1.54) is 27.7 Å². The van der Waals surface area contributed by atoms with Gasteiger partial charge in [-0.15, -0.1) is 0 Å². The molecule has 0 amide bonds. The van der Waals surface area contributed by atoms with E-state index < -0.39 is 0 Å². The first kappa shape index (κ1) is 10.8. The molecule has 2 heterocycles. The normalized spacial score (nSPS) is 19.6. The van der Waals surface area contributed by atoms with Crippen molar-refractivity contribution in [1.29, 1.82) is 0 Å². The zero-order chi connectivity index (χ0) is 12.0. The zero-order valence-electron chi connectivity index (χ0n) is 10.9. The van der Waals surface area contributed by atoms with Crippen LogP contribution < -0.4 is 5.32 Å². The fraction of sp³-hybridized carbons (Fsp3) is 0.467. The van der Waals surface area contributed by atoms with Crippen LogP contribution in [0, 0.1) is 6.92 Å². The Morgan fingerprint density at radius 2 is 2.24 bits per heavy atom. The number of hydrogen-bond donors (Lipinski definition) is 1. The highest BCUT2D eigenvalue weighted by atomic mass is 15.1. The van der Waals surface area contributed by atoms with Crippen LogP contribution in [-0.4, -0.2) is 11.1 Å². The van der Waals surface area contributed by atoms with Crippen molar-refractivity contribution >= 4 is 10.9 Å². The van der Waals surface area contributed by atoms with Gasteiger partial charge in [-0.05, 0) is 38.0 Å². The van der Waals surface area contributed by atoms with E-state index in [0.29, 0.717) is 6.04 Å². The lowest BCUT2D eigenvalue weighted by molar-refractivity contribution is 0.452. The Bertz CT molecular complexity index is 566. The molecule has 0 spiro atoms. The van der Waals surface area contributed by atoms with Crippen molar-refractivity contribution in [2.75, 3.05) is 6.54 Å². The van der Waals surface area contributed by atoms with Gasteiger partial charge in [0.25, 0.3) is 0 Å². The van der Waals surface area contributed by atoms with Crippen LogP contribution in [0.15, 0.2) is 18.2 Å². The van der Waals surface area contributed by atoms with E-state index in [4.69, 9.17) is 0 Å². The lowest BCUT2D eigenvalue weighted by Crippen LogP contribution is -2.31. The molecule has 1 N–H and O–H groups in total. The molecule has 0 unspecified atom stereocenters. The maximum absolute atomic E-state index is 3.57. The van der Waals surface area contributed by atoms with E-state index in [1.807, 2.05) is 0 Å². The molecule has 1 aromatic carbocycles. The number of nitrogens with zero attached hydrogens (tertiary/aromatic N) is 1. The third-order valence-corrected chi connectivity index (χ3v) is 3.92. The molecule has 90 valence electrons. The second kappa shape index (κ2) is 3.88. The van der Waals surface area contributed by atoms with Crippen molar-refractivity contribution in [3.8, 4) is 0 Å². The van der Waals surface area contributed by atoms with Gasteiger partial charge in [-0.25, -0.2) is 0 Å². The summed E-state index contributed by atoms with van der Waals surface area (Å²) in [6.45, 7) is 8.89. The summed E-state index contributed by atoms with van der Waals surface area (Å²) in [5, 5.41) is 5.02. The number of nitrogens with one attached hydrogen (secondary N) is 1. The molecule has 0 saturated heterocycles. The van der Waals surface area contributed by atoms with Gasteiger partial charge in [0.15, 0.2) is 0 Å². The van der Waals surface area contributed by atoms with Gasteiger partial charge in [-0.1, -0.05) is 18.6 Å². The third kappa shape index (κ3) is 1.51. The van der Waals surface area contributed by atoms with Crippen molar-refractivity contribution in [3.05, 3.63) is 35.0 Å². The van der Waals surface area contributed by atoms with Crippen LogP contribution in [0.3, 0.4) is 0 Å². The lowest BCUT2D eigenvalue weighted by atomic mass is 10.0. The SMILES string of the molecule is CCc1c2n(c3ccc(C)cc13)CCN[C@@H]2C. The first-order valence-corrected chi connectivity index (χ1v) is 6.57. The predicted octanol–water partition coefficient (Wildman–Crippen LogP) is 3.18. The molecule has 3 rings (SSSR count). The Balaban J connectivity index is 2.38. The number of rotatable bonds is 1. The molecule has 17 heavy (non-hydrogen) atoms. The smallest absolute Gasteiger partial charge is 0.0486 e. The van der Waals surface area contributed by atoms with Crippen LogP contribution in [0.1, 0.15) is 36.7 Å². The fourth-order valence-electron chi connectivity index (χ4n) is 3.15. The minimum Gasteiger partial charge on any atom is -0.342 e.